The summed E-state index contributed by atoms with van der Waals surface area (Å²) >= 11 is 0. The molecule has 0 saturated carbocycles. The van der Waals surface area contributed by atoms with E-state index in [-0.39, 0.29) is 42.3 Å². The summed E-state index contributed by atoms with van der Waals surface area (Å²) in [5.74, 6) is 0. The van der Waals surface area contributed by atoms with Crippen LogP contribution >= 0.6 is 9.90 Å². The van der Waals surface area contributed by atoms with Gasteiger partial charge in [-0.3, -0.25) is 0 Å². The quantitative estimate of drug-likeness (QED) is 0.540. The van der Waals surface area contributed by atoms with E-state index >= 15 is 0 Å². The number of nitrogens with zero attached hydrogens (tertiary/aromatic N) is 2. The monoisotopic (exact) mass is 252 g/mol. The van der Waals surface area contributed by atoms with E-state index in [4.69, 9.17) is 0 Å². The van der Waals surface area contributed by atoms with Crippen molar-refractivity contribution < 1.29 is 20.1 Å². The molecule has 0 N–H and O–H groups in total. The van der Waals surface area contributed by atoms with Crippen molar-refractivity contribution in [1.29, 1.82) is 0 Å². The Bertz CT molecular complexity index is 6.00. The van der Waals surface area contributed by atoms with Crippen molar-refractivity contribution in [3.05, 3.63) is 0 Å². The van der Waals surface area contributed by atoms with Crippen LogP contribution in [0.15, 0.2) is 0 Å². The fraction of sp³-hybridized carbons (Fsp3) is 0. The van der Waals surface area contributed by atoms with Crippen LogP contribution in [-0.4, -0.2) is 0 Å². The predicted octanol–water partition coefficient (Wildman–Crippen LogP) is -0.103. The van der Waals surface area contributed by atoms with Crippen LogP contribution in [0.3, 0.4) is 0 Å². The number of rotatable bonds is 0. The SMILES string of the molecule is [Ir].[N].[N].[P]. The zero-order valence-electron chi connectivity index (χ0n) is 1.67. The van der Waals surface area contributed by atoms with Gasteiger partial charge in [0.2, 0.25) is 0 Å². The van der Waals surface area contributed by atoms with Crippen molar-refractivity contribution in [2.24, 2.45) is 0 Å². The van der Waals surface area contributed by atoms with E-state index in [1.54, 1.807) is 0 Å². The second kappa shape index (κ2) is 36.0. The third kappa shape index (κ3) is 12.0. The van der Waals surface area contributed by atoms with Gasteiger partial charge in [0.25, 0.3) is 0 Å². The van der Waals surface area contributed by atoms with Crippen molar-refractivity contribution in [1.82, 2.24) is 12.3 Å². The molecule has 0 fully saturated rings. The minimum Gasteiger partial charge on any atom is 0 e. The van der Waals surface area contributed by atoms with Crippen LogP contribution in [0.25, 0.3) is 0 Å². The summed E-state index contributed by atoms with van der Waals surface area (Å²) in [6, 6.07) is 0. The summed E-state index contributed by atoms with van der Waals surface area (Å²) in [6.45, 7) is 0. The molecule has 0 bridgehead atoms. The van der Waals surface area contributed by atoms with E-state index in [0.717, 1.165) is 0 Å². The average molecular weight is 251 g/mol. The number of hydrogen-bond acceptors (Lipinski definition) is 0. The Hall–Kier alpha value is 0.999. The van der Waals surface area contributed by atoms with Gasteiger partial charge in [-0.25, -0.2) is 0 Å². The van der Waals surface area contributed by atoms with Gasteiger partial charge in [-0.05, 0) is 0 Å². The van der Waals surface area contributed by atoms with Gasteiger partial charge in [-0.2, -0.15) is 0 Å². The van der Waals surface area contributed by atoms with E-state index in [9.17, 15) is 0 Å². The van der Waals surface area contributed by atoms with E-state index in [1.807, 2.05) is 0 Å². The molecule has 0 atom stereocenters. The maximum Gasteiger partial charge on any atom is 0 e. The van der Waals surface area contributed by atoms with Crippen molar-refractivity contribution >= 4 is 9.90 Å². The van der Waals surface area contributed by atoms with Crippen LogP contribution in [-0.2, 0) is 20.1 Å². The molecule has 0 aromatic carbocycles. The Balaban J connectivity index is 0. The standard InChI is InChI=1S/Ir.2N.P. The first-order valence-electron chi connectivity index (χ1n) is 0. The molecule has 24 valence electrons. The zero-order chi connectivity index (χ0) is 0. The summed E-state index contributed by atoms with van der Waals surface area (Å²) in [6.07, 6.45) is 0. The molecule has 0 aliphatic rings. The van der Waals surface area contributed by atoms with Crippen LogP contribution < -0.4 is 12.3 Å². The minimum atomic E-state index is 0. The molecule has 0 aromatic rings. The van der Waals surface area contributed by atoms with Gasteiger partial charge in [-0.1, -0.05) is 0 Å². The summed E-state index contributed by atoms with van der Waals surface area (Å²) in [5, 5.41) is 0. The maximum atomic E-state index is 0. The molecule has 0 aromatic heterocycles. The second-order valence-corrected chi connectivity index (χ2v) is 0. The fourth-order valence-corrected chi connectivity index (χ4v) is 0. The van der Waals surface area contributed by atoms with E-state index in [0.29, 0.717) is 0 Å². The molecule has 10 radical (unpaired) electrons. The topological polar surface area (TPSA) is 61.0 Å². The van der Waals surface area contributed by atoms with Crippen molar-refractivity contribution in [2.45, 2.75) is 0 Å². The summed E-state index contributed by atoms with van der Waals surface area (Å²) < 4.78 is 0. The third-order valence-corrected chi connectivity index (χ3v) is 0. The Kier molecular flexibility index (Phi) is 721. The molecule has 2 nitrogen and oxygen atoms in total. The molecule has 0 aliphatic carbocycles. The van der Waals surface area contributed by atoms with Gasteiger partial charge >= 0.3 is 0 Å². The summed E-state index contributed by atoms with van der Waals surface area (Å²) in [4.78, 5) is 0. The maximum absolute atomic E-state index is 0. The Morgan fingerprint density at radius 1 is 0.750 bits per heavy atom. The van der Waals surface area contributed by atoms with Gasteiger partial charge < -0.3 is 0 Å². The van der Waals surface area contributed by atoms with Gasteiger partial charge in [0.15, 0.2) is 0 Å². The molecule has 0 unspecified atom stereocenters. The molecule has 4 heavy (non-hydrogen) atoms. The van der Waals surface area contributed by atoms with Crippen LogP contribution in [0.2, 0.25) is 0 Å². The van der Waals surface area contributed by atoms with Crippen LogP contribution in [0, 0.1) is 0 Å². The van der Waals surface area contributed by atoms with Gasteiger partial charge in [0.1, 0.15) is 0 Å². The Morgan fingerprint density at radius 3 is 0.750 bits per heavy atom. The summed E-state index contributed by atoms with van der Waals surface area (Å²) in [7, 11) is 0. The van der Waals surface area contributed by atoms with Crippen molar-refractivity contribution in [3.8, 4) is 0 Å². The van der Waals surface area contributed by atoms with Crippen molar-refractivity contribution in [2.75, 3.05) is 0 Å². The first-order chi connectivity index (χ1) is 0. The Morgan fingerprint density at radius 2 is 0.750 bits per heavy atom. The van der Waals surface area contributed by atoms with Gasteiger partial charge in [0, 0.05) is 42.3 Å². The minimum absolute atomic E-state index is 0. The normalized spacial score (nSPS) is 0. The summed E-state index contributed by atoms with van der Waals surface area (Å²) in [5.41, 5.74) is 0. The van der Waals surface area contributed by atoms with Crippen LogP contribution in [0.1, 0.15) is 0 Å². The molecular weight excluding hydrogens is 251 g/mol. The van der Waals surface area contributed by atoms with E-state index < -0.39 is 0 Å². The smallest absolute Gasteiger partial charge is 0 e. The molecule has 0 heterocycles. The van der Waals surface area contributed by atoms with E-state index in [2.05, 4.69) is 0 Å². The molecule has 0 rings (SSSR count). The largest absolute Gasteiger partial charge is 0 e. The molecule has 0 amide bonds. The Labute approximate surface area is 42.9 Å². The van der Waals surface area contributed by atoms with Crippen molar-refractivity contribution in [3.63, 3.8) is 0 Å². The zero-order valence-corrected chi connectivity index (χ0v) is 4.96. The molecule has 0 aliphatic heterocycles. The third-order valence-electron chi connectivity index (χ3n) is 0. The second-order valence-electron chi connectivity index (χ2n) is 0. The molecule has 0 spiro atoms. The molecular formula is IrN2P. The van der Waals surface area contributed by atoms with Gasteiger partial charge in [0.05, 0.1) is 0 Å². The average Bonchev–Trinajstić information content (AvgIpc) is 0. The first-order valence-corrected chi connectivity index (χ1v) is 0. The molecule has 0 saturated heterocycles. The number of hydrogen-bond donors (Lipinski definition) is 0. The predicted molar refractivity (Wildman–Crippen MR) is 11.2 cm³/mol. The van der Waals surface area contributed by atoms with E-state index in [1.165, 1.54) is 0 Å². The van der Waals surface area contributed by atoms with Gasteiger partial charge in [-0.15, -0.1) is 0 Å². The fourth-order valence-electron chi connectivity index (χ4n) is 0. The van der Waals surface area contributed by atoms with Crippen LogP contribution in [0.5, 0.6) is 0 Å². The molecule has 4 heteroatoms. The van der Waals surface area contributed by atoms with Crippen LogP contribution in [0.4, 0.5) is 0 Å². The first kappa shape index (κ1) is 80.1.